The zero-order valence-corrected chi connectivity index (χ0v) is 23.1. The van der Waals surface area contributed by atoms with E-state index in [2.05, 4.69) is 15.3 Å². The molecule has 1 atom stereocenters. The second-order valence-corrected chi connectivity index (χ2v) is 9.73. The zero-order chi connectivity index (χ0) is 27.8. The quantitative estimate of drug-likeness (QED) is 0.378. The van der Waals surface area contributed by atoms with E-state index in [4.69, 9.17) is 25.8 Å². The number of ether oxygens (including phenoxy) is 3. The van der Waals surface area contributed by atoms with Crippen LogP contribution in [0.5, 0.6) is 17.2 Å². The molecule has 2 aromatic carbocycles. The fourth-order valence-electron chi connectivity index (χ4n) is 4.91. The molecule has 4 rings (SSSR count). The number of nitrogens with one attached hydrogen (secondary N) is 1. The first-order valence-corrected chi connectivity index (χ1v) is 13.2. The summed E-state index contributed by atoms with van der Waals surface area (Å²) in [5.41, 5.74) is 1.27. The summed E-state index contributed by atoms with van der Waals surface area (Å²) in [6, 6.07) is 9.56. The molecule has 1 heterocycles. The molecule has 0 aliphatic heterocycles. The smallest absolute Gasteiger partial charge is 0.275 e. The Bertz CT molecular complexity index is 1260. The second-order valence-electron chi connectivity index (χ2n) is 9.32. The van der Waals surface area contributed by atoms with Crippen molar-refractivity contribution in [1.29, 1.82) is 0 Å². The van der Waals surface area contributed by atoms with Gasteiger partial charge in [-0.2, -0.15) is 0 Å². The molecular formula is C29H33ClN4O5. The first-order valence-electron chi connectivity index (χ1n) is 12.9. The van der Waals surface area contributed by atoms with Gasteiger partial charge in [-0.1, -0.05) is 49.1 Å². The third-order valence-electron chi connectivity index (χ3n) is 6.86. The van der Waals surface area contributed by atoms with Crippen molar-refractivity contribution in [3.8, 4) is 17.2 Å². The molecule has 0 unspecified atom stereocenters. The van der Waals surface area contributed by atoms with Crippen molar-refractivity contribution in [3.63, 3.8) is 0 Å². The summed E-state index contributed by atoms with van der Waals surface area (Å²) in [5.74, 6) is 0.327. The molecule has 1 N–H and O–H groups in total. The van der Waals surface area contributed by atoms with Gasteiger partial charge in [-0.05, 0) is 42.2 Å². The molecule has 39 heavy (non-hydrogen) atoms. The molecule has 0 bridgehead atoms. The first kappa shape index (κ1) is 28.2. The normalized spacial score (nSPS) is 14.3. The molecule has 1 aliphatic rings. The topological polar surface area (TPSA) is 103 Å². The van der Waals surface area contributed by atoms with Crippen LogP contribution in [0.3, 0.4) is 0 Å². The van der Waals surface area contributed by atoms with Crippen molar-refractivity contribution in [3.05, 3.63) is 76.8 Å². The van der Waals surface area contributed by atoms with Gasteiger partial charge >= 0.3 is 0 Å². The van der Waals surface area contributed by atoms with E-state index in [1.54, 1.807) is 18.2 Å². The van der Waals surface area contributed by atoms with E-state index in [9.17, 15) is 9.59 Å². The molecule has 2 amide bonds. The Morgan fingerprint density at radius 2 is 1.72 bits per heavy atom. The van der Waals surface area contributed by atoms with E-state index >= 15 is 0 Å². The minimum absolute atomic E-state index is 0.0181. The molecule has 0 radical (unpaired) electrons. The molecule has 3 aromatic rings. The Morgan fingerprint density at radius 1 is 1.03 bits per heavy atom. The number of amides is 2. The highest BCUT2D eigenvalue weighted by molar-refractivity contribution is 6.31. The van der Waals surface area contributed by atoms with Crippen LogP contribution in [0, 0.1) is 0 Å². The molecular weight excluding hydrogens is 520 g/mol. The van der Waals surface area contributed by atoms with E-state index in [1.165, 1.54) is 44.8 Å². The number of carbonyl (C=O) groups is 2. The van der Waals surface area contributed by atoms with Gasteiger partial charge in [0.1, 0.15) is 11.7 Å². The number of carbonyl (C=O) groups excluding carboxylic acids is 2. The van der Waals surface area contributed by atoms with E-state index < -0.39 is 11.9 Å². The monoisotopic (exact) mass is 552 g/mol. The molecule has 10 heteroatoms. The average molecular weight is 553 g/mol. The standard InChI is InChI=1S/C29H33ClN4O5/c1-37-24-15-20(16-25(38-2)27(24)39-3)26(28(35)33-21-10-5-4-6-11-21)34(18-19-9-7-8-12-22(19)30)29(36)23-17-31-13-14-32-23/h7-9,12-17,21,26H,4-6,10-11,18H2,1-3H3,(H,33,35)/t26-/m0/s1. The Labute approximate surface area is 233 Å². The average Bonchev–Trinajstić information content (AvgIpc) is 2.97. The lowest BCUT2D eigenvalue weighted by atomic mass is 9.94. The SMILES string of the molecule is COc1cc([C@@H](C(=O)NC2CCCCC2)N(Cc2ccccc2Cl)C(=O)c2cnccn2)cc(OC)c1OC. The lowest BCUT2D eigenvalue weighted by molar-refractivity contribution is -0.127. The summed E-state index contributed by atoms with van der Waals surface area (Å²) in [6.45, 7) is 0.0501. The third kappa shape index (κ3) is 6.60. The van der Waals surface area contributed by atoms with Gasteiger partial charge in [-0.15, -0.1) is 0 Å². The van der Waals surface area contributed by atoms with Crippen molar-refractivity contribution in [2.75, 3.05) is 21.3 Å². The third-order valence-corrected chi connectivity index (χ3v) is 7.22. The predicted molar refractivity (Wildman–Crippen MR) is 147 cm³/mol. The summed E-state index contributed by atoms with van der Waals surface area (Å²) >= 11 is 6.52. The molecule has 1 saturated carbocycles. The zero-order valence-electron chi connectivity index (χ0n) is 22.4. The van der Waals surface area contributed by atoms with Gasteiger partial charge in [0.15, 0.2) is 11.5 Å². The van der Waals surface area contributed by atoms with Crippen molar-refractivity contribution >= 4 is 23.4 Å². The summed E-state index contributed by atoms with van der Waals surface area (Å²) in [7, 11) is 4.52. The highest BCUT2D eigenvalue weighted by Gasteiger charge is 2.36. The van der Waals surface area contributed by atoms with Gasteiger partial charge in [0.05, 0.1) is 27.5 Å². The van der Waals surface area contributed by atoms with E-state index in [-0.39, 0.29) is 24.2 Å². The minimum atomic E-state index is -1.06. The highest BCUT2D eigenvalue weighted by Crippen LogP contribution is 2.41. The Morgan fingerprint density at radius 3 is 2.31 bits per heavy atom. The molecule has 1 aromatic heterocycles. The molecule has 9 nitrogen and oxygen atoms in total. The van der Waals surface area contributed by atoms with Gasteiger partial charge in [-0.3, -0.25) is 14.6 Å². The van der Waals surface area contributed by atoms with Crippen molar-refractivity contribution in [2.45, 2.75) is 50.7 Å². The van der Waals surface area contributed by atoms with Gasteiger partial charge in [0, 0.05) is 30.0 Å². The fourth-order valence-corrected chi connectivity index (χ4v) is 5.10. The van der Waals surface area contributed by atoms with Crippen molar-refractivity contribution in [1.82, 2.24) is 20.2 Å². The Balaban J connectivity index is 1.86. The van der Waals surface area contributed by atoms with Crippen LogP contribution >= 0.6 is 11.6 Å². The van der Waals surface area contributed by atoms with E-state index in [1.807, 2.05) is 18.2 Å². The lowest BCUT2D eigenvalue weighted by Gasteiger charge is -2.34. The fraction of sp³-hybridized carbons (Fsp3) is 0.379. The van der Waals surface area contributed by atoms with Crippen LogP contribution in [-0.2, 0) is 11.3 Å². The second kappa shape index (κ2) is 13.3. The summed E-state index contributed by atoms with van der Waals surface area (Å²) in [6.07, 6.45) is 9.31. The van der Waals surface area contributed by atoms with Gasteiger partial charge in [0.2, 0.25) is 11.7 Å². The number of aromatic nitrogens is 2. The van der Waals surface area contributed by atoms with Crippen LogP contribution in [0.1, 0.15) is 59.8 Å². The predicted octanol–water partition coefficient (Wildman–Crippen LogP) is 4.99. The number of nitrogens with zero attached hydrogens (tertiary/aromatic N) is 3. The van der Waals surface area contributed by atoms with Crippen LogP contribution in [0.4, 0.5) is 0 Å². The molecule has 206 valence electrons. The Kier molecular flexibility index (Phi) is 9.59. The first-order chi connectivity index (χ1) is 19.0. The largest absolute Gasteiger partial charge is 0.493 e. The van der Waals surface area contributed by atoms with Crippen molar-refractivity contribution in [2.24, 2.45) is 0 Å². The number of halogens is 1. The molecule has 1 aliphatic carbocycles. The maximum atomic E-state index is 14.1. The van der Waals surface area contributed by atoms with Crippen LogP contribution in [0.25, 0.3) is 0 Å². The molecule has 1 fully saturated rings. The van der Waals surface area contributed by atoms with E-state index in [0.29, 0.717) is 33.4 Å². The number of hydrogen-bond donors (Lipinski definition) is 1. The number of benzene rings is 2. The lowest BCUT2D eigenvalue weighted by Crippen LogP contribution is -2.47. The highest BCUT2D eigenvalue weighted by atomic mass is 35.5. The number of hydrogen-bond acceptors (Lipinski definition) is 7. The van der Waals surface area contributed by atoms with Crippen LogP contribution in [0.15, 0.2) is 55.0 Å². The number of rotatable bonds is 10. The van der Waals surface area contributed by atoms with Gasteiger partial charge in [-0.25, -0.2) is 4.98 Å². The van der Waals surface area contributed by atoms with Crippen LogP contribution in [0.2, 0.25) is 5.02 Å². The van der Waals surface area contributed by atoms with E-state index in [0.717, 1.165) is 32.1 Å². The molecule has 0 saturated heterocycles. The van der Waals surface area contributed by atoms with Crippen LogP contribution in [-0.4, -0.2) is 54.1 Å². The molecule has 0 spiro atoms. The summed E-state index contributed by atoms with van der Waals surface area (Å²) in [4.78, 5) is 37.9. The van der Waals surface area contributed by atoms with Gasteiger partial charge < -0.3 is 24.4 Å². The Hall–Kier alpha value is -3.85. The maximum Gasteiger partial charge on any atom is 0.275 e. The summed E-state index contributed by atoms with van der Waals surface area (Å²) < 4.78 is 16.7. The number of methoxy groups -OCH3 is 3. The summed E-state index contributed by atoms with van der Waals surface area (Å²) in [5, 5.41) is 3.67. The maximum absolute atomic E-state index is 14.1. The van der Waals surface area contributed by atoms with Crippen molar-refractivity contribution < 1.29 is 23.8 Å². The minimum Gasteiger partial charge on any atom is -0.493 e. The van der Waals surface area contributed by atoms with Gasteiger partial charge in [0.25, 0.3) is 5.91 Å². The van der Waals surface area contributed by atoms with Crippen LogP contribution < -0.4 is 19.5 Å².